The first-order valence-electron chi connectivity index (χ1n) is 14.6. The van der Waals surface area contributed by atoms with Crippen molar-refractivity contribution in [3.05, 3.63) is 75.7 Å². The largest absolute Gasteiger partial charge is 0.444 e. The van der Waals surface area contributed by atoms with E-state index in [0.717, 1.165) is 5.56 Å². The molecular formula is C33H36FN7O3. The average molecular weight is 598 g/mol. The minimum atomic E-state index is -0.631. The van der Waals surface area contributed by atoms with Crippen LogP contribution in [0.1, 0.15) is 64.3 Å². The van der Waals surface area contributed by atoms with Crippen LogP contribution in [0.15, 0.2) is 47.4 Å². The van der Waals surface area contributed by atoms with Gasteiger partial charge in [0, 0.05) is 37.4 Å². The van der Waals surface area contributed by atoms with E-state index in [9.17, 15) is 14.9 Å². The number of nitrogens with zero attached hydrogens (tertiary/aromatic N) is 7. The third kappa shape index (κ3) is 5.72. The fraction of sp³-hybridized carbons (Fsp3) is 0.394. The maximum Gasteiger partial charge on any atom is 0.410 e. The van der Waals surface area contributed by atoms with E-state index in [2.05, 4.69) is 16.0 Å². The molecule has 1 aliphatic heterocycles. The van der Waals surface area contributed by atoms with Crippen LogP contribution in [0.25, 0.3) is 28.0 Å². The van der Waals surface area contributed by atoms with Crippen molar-refractivity contribution >= 4 is 22.9 Å². The lowest BCUT2D eigenvalue weighted by Crippen LogP contribution is -2.55. The lowest BCUT2D eigenvalue weighted by molar-refractivity contribution is 0.0218. The quantitative estimate of drug-likeness (QED) is 0.293. The number of ether oxygens (including phenoxy) is 1. The van der Waals surface area contributed by atoms with E-state index in [1.807, 2.05) is 59.4 Å². The third-order valence-corrected chi connectivity index (χ3v) is 7.57. The van der Waals surface area contributed by atoms with Crippen LogP contribution in [0.5, 0.6) is 0 Å². The van der Waals surface area contributed by atoms with Gasteiger partial charge in [0.05, 0.1) is 28.0 Å². The maximum atomic E-state index is 15.1. The number of nitriles is 1. The SMILES string of the molecule is Cc1ccnc(C(C)C)c1-n1c(=O)nc(N2CCN(C(=O)OC(C)(C)C)C[C@@H]2C)c2cc(C#N)c(-c3ccccc3F)nc21. The Bertz CT molecular complexity index is 1860. The van der Waals surface area contributed by atoms with Crippen molar-refractivity contribution in [2.45, 2.75) is 66.0 Å². The molecule has 11 heteroatoms. The number of aromatic nitrogens is 4. The van der Waals surface area contributed by atoms with Crippen LogP contribution in [-0.2, 0) is 4.74 Å². The molecule has 0 N–H and O–H groups in total. The molecule has 0 unspecified atom stereocenters. The van der Waals surface area contributed by atoms with E-state index in [4.69, 9.17) is 9.72 Å². The highest BCUT2D eigenvalue weighted by Gasteiger charge is 2.33. The summed E-state index contributed by atoms with van der Waals surface area (Å²) in [6.45, 7) is 14.3. The molecule has 0 saturated carbocycles. The molecule has 228 valence electrons. The Morgan fingerprint density at radius 3 is 2.52 bits per heavy atom. The molecular weight excluding hydrogens is 561 g/mol. The fourth-order valence-corrected chi connectivity index (χ4v) is 5.54. The second-order valence-corrected chi connectivity index (χ2v) is 12.4. The molecule has 1 saturated heterocycles. The molecule has 1 fully saturated rings. The number of carbonyl (C=O) groups is 1. The van der Waals surface area contributed by atoms with Gasteiger partial charge in [0.25, 0.3) is 0 Å². The third-order valence-electron chi connectivity index (χ3n) is 7.57. The van der Waals surface area contributed by atoms with Crippen LogP contribution in [0.3, 0.4) is 0 Å². The van der Waals surface area contributed by atoms with Gasteiger partial charge in [-0.3, -0.25) is 4.98 Å². The van der Waals surface area contributed by atoms with Crippen molar-refractivity contribution in [2.75, 3.05) is 24.5 Å². The second kappa shape index (κ2) is 11.7. The number of aryl methyl sites for hydroxylation is 1. The number of fused-ring (bicyclic) bond motifs is 1. The Kier molecular flexibility index (Phi) is 8.12. The van der Waals surface area contributed by atoms with Crippen LogP contribution < -0.4 is 10.6 Å². The molecule has 3 aromatic heterocycles. The molecule has 4 heterocycles. The van der Waals surface area contributed by atoms with E-state index in [0.29, 0.717) is 42.2 Å². The van der Waals surface area contributed by atoms with Gasteiger partial charge in [-0.1, -0.05) is 26.0 Å². The van der Waals surface area contributed by atoms with E-state index in [1.54, 1.807) is 35.4 Å². The molecule has 0 bridgehead atoms. The fourth-order valence-electron chi connectivity index (χ4n) is 5.54. The van der Waals surface area contributed by atoms with Gasteiger partial charge in [0.15, 0.2) is 5.65 Å². The summed E-state index contributed by atoms with van der Waals surface area (Å²) in [6.07, 6.45) is 1.29. The Morgan fingerprint density at radius 2 is 1.89 bits per heavy atom. The van der Waals surface area contributed by atoms with Crippen LogP contribution in [0, 0.1) is 24.1 Å². The lowest BCUT2D eigenvalue weighted by atomic mass is 10.0. The number of halogens is 1. The molecule has 0 spiro atoms. The van der Waals surface area contributed by atoms with Crippen molar-refractivity contribution in [2.24, 2.45) is 0 Å². The minimum Gasteiger partial charge on any atom is -0.444 e. The summed E-state index contributed by atoms with van der Waals surface area (Å²) in [5.41, 5.74) is 1.46. The number of amides is 1. The standard InChI is InChI=1S/C33H36FN7O3/c1-19(2)26-28(20(3)12-13-36-26)41-30-24(16-22(17-35)27(37-30)23-10-8-9-11-25(23)34)29(38-31(41)42)40-15-14-39(18-21(40)4)32(43)44-33(5,6)7/h8-13,16,19,21H,14-15,18H2,1-7H3/t21-/m0/s1. The van der Waals surface area contributed by atoms with Crippen LogP contribution in [-0.4, -0.2) is 61.8 Å². The Hall–Kier alpha value is -4.85. The first-order valence-corrected chi connectivity index (χ1v) is 14.6. The number of carbonyl (C=O) groups excluding carboxylic acids is 1. The van der Waals surface area contributed by atoms with E-state index >= 15 is 4.39 Å². The van der Waals surface area contributed by atoms with Crippen LogP contribution >= 0.6 is 0 Å². The number of benzene rings is 1. The first kappa shape index (κ1) is 30.6. The van der Waals surface area contributed by atoms with Gasteiger partial charge in [-0.25, -0.2) is 23.5 Å². The zero-order valence-corrected chi connectivity index (χ0v) is 26.1. The lowest BCUT2D eigenvalue weighted by Gasteiger charge is -2.41. The Balaban J connectivity index is 1.75. The number of anilines is 1. The predicted octanol–water partition coefficient (Wildman–Crippen LogP) is 5.73. The molecule has 1 amide bonds. The number of hydrogen-bond donors (Lipinski definition) is 0. The van der Waals surface area contributed by atoms with E-state index < -0.39 is 23.2 Å². The van der Waals surface area contributed by atoms with E-state index in [1.165, 1.54) is 10.6 Å². The molecule has 10 nitrogen and oxygen atoms in total. The molecule has 0 aliphatic carbocycles. The highest BCUT2D eigenvalue weighted by Crippen LogP contribution is 2.34. The predicted molar refractivity (Wildman–Crippen MR) is 166 cm³/mol. The van der Waals surface area contributed by atoms with Crippen molar-refractivity contribution in [3.63, 3.8) is 0 Å². The van der Waals surface area contributed by atoms with Gasteiger partial charge in [0.1, 0.15) is 23.3 Å². The Morgan fingerprint density at radius 1 is 1.16 bits per heavy atom. The van der Waals surface area contributed by atoms with Gasteiger partial charge < -0.3 is 14.5 Å². The summed E-state index contributed by atoms with van der Waals surface area (Å²) in [4.78, 5) is 44.4. The highest BCUT2D eigenvalue weighted by molar-refractivity contribution is 5.92. The second-order valence-electron chi connectivity index (χ2n) is 12.4. The van der Waals surface area contributed by atoms with Crippen LogP contribution in [0.4, 0.5) is 15.0 Å². The molecule has 1 aliphatic rings. The monoisotopic (exact) mass is 597 g/mol. The summed E-state index contributed by atoms with van der Waals surface area (Å²) in [7, 11) is 0. The highest BCUT2D eigenvalue weighted by atomic mass is 19.1. The summed E-state index contributed by atoms with van der Waals surface area (Å²) in [5.74, 6) is -0.224. The van der Waals surface area contributed by atoms with Crippen molar-refractivity contribution < 1.29 is 13.9 Å². The number of pyridine rings is 2. The summed E-state index contributed by atoms with van der Waals surface area (Å²) in [6, 6.07) is 11.5. The van der Waals surface area contributed by atoms with E-state index in [-0.39, 0.29) is 34.4 Å². The number of piperazine rings is 1. The molecule has 4 aromatic rings. The molecule has 44 heavy (non-hydrogen) atoms. The summed E-state index contributed by atoms with van der Waals surface area (Å²) in [5, 5.41) is 10.6. The molecule has 0 radical (unpaired) electrons. The minimum absolute atomic E-state index is 0.0306. The van der Waals surface area contributed by atoms with Crippen molar-refractivity contribution in [1.82, 2.24) is 24.4 Å². The first-order chi connectivity index (χ1) is 20.8. The van der Waals surface area contributed by atoms with Gasteiger partial charge in [-0.15, -0.1) is 0 Å². The number of hydrogen-bond acceptors (Lipinski definition) is 8. The smallest absolute Gasteiger partial charge is 0.410 e. The van der Waals surface area contributed by atoms with Gasteiger partial charge >= 0.3 is 11.8 Å². The van der Waals surface area contributed by atoms with Gasteiger partial charge in [0.2, 0.25) is 0 Å². The topological polar surface area (TPSA) is 117 Å². The molecule has 1 atom stereocenters. The average Bonchev–Trinajstić information content (AvgIpc) is 2.96. The zero-order valence-electron chi connectivity index (χ0n) is 26.1. The van der Waals surface area contributed by atoms with Gasteiger partial charge in [-0.05, 0) is 70.4 Å². The van der Waals surface area contributed by atoms with Gasteiger partial charge in [-0.2, -0.15) is 10.2 Å². The molecule has 1 aromatic carbocycles. The normalized spacial score (nSPS) is 15.5. The molecule has 5 rings (SSSR count). The van der Waals surface area contributed by atoms with Crippen LogP contribution in [0.2, 0.25) is 0 Å². The van der Waals surface area contributed by atoms with Crippen molar-refractivity contribution in [3.8, 4) is 23.0 Å². The summed E-state index contributed by atoms with van der Waals surface area (Å²) < 4.78 is 22.1. The maximum absolute atomic E-state index is 15.1. The number of rotatable bonds is 4. The summed E-state index contributed by atoms with van der Waals surface area (Å²) >= 11 is 0. The van der Waals surface area contributed by atoms with Crippen molar-refractivity contribution in [1.29, 1.82) is 5.26 Å². The zero-order chi connectivity index (χ0) is 31.9. The Labute approximate surface area is 255 Å².